The predicted octanol–water partition coefficient (Wildman–Crippen LogP) is 3.74. The normalized spacial score (nSPS) is 11.9. The molecule has 4 nitrogen and oxygen atoms in total. The monoisotopic (exact) mass is 333 g/mol. The number of imidazole rings is 1. The molecule has 0 aliphatic rings. The van der Waals surface area contributed by atoms with E-state index in [0.29, 0.717) is 13.0 Å². The second-order valence-corrected chi connectivity index (χ2v) is 6.34. The Morgan fingerprint density at radius 3 is 2.48 bits per heavy atom. The second-order valence-electron chi connectivity index (χ2n) is 6.34. The Bertz CT molecular complexity index is 780. The Balaban J connectivity index is 1.47. The molecule has 2 aromatic carbocycles. The van der Waals surface area contributed by atoms with Crippen molar-refractivity contribution in [3.63, 3.8) is 0 Å². The van der Waals surface area contributed by atoms with Gasteiger partial charge in [0, 0.05) is 31.9 Å². The van der Waals surface area contributed by atoms with Gasteiger partial charge in [-0.2, -0.15) is 0 Å². The molecule has 3 rings (SSSR count). The van der Waals surface area contributed by atoms with Crippen LogP contribution in [0.5, 0.6) is 0 Å². The second kappa shape index (κ2) is 8.29. The van der Waals surface area contributed by atoms with Gasteiger partial charge in [0.05, 0.1) is 6.33 Å². The third kappa shape index (κ3) is 5.05. The van der Waals surface area contributed by atoms with E-state index in [2.05, 4.69) is 53.6 Å². The number of carbonyl (C=O) groups excluding carboxylic acids is 1. The third-order valence-corrected chi connectivity index (χ3v) is 4.30. The molecule has 0 fully saturated rings. The van der Waals surface area contributed by atoms with Crippen LogP contribution in [-0.4, -0.2) is 15.5 Å². The van der Waals surface area contributed by atoms with Crippen molar-refractivity contribution in [2.24, 2.45) is 0 Å². The minimum Gasteiger partial charge on any atom is -0.352 e. The number of benzene rings is 2. The molecule has 1 aromatic heterocycles. The molecule has 1 atom stereocenters. The zero-order valence-electron chi connectivity index (χ0n) is 14.4. The van der Waals surface area contributed by atoms with Crippen LogP contribution in [0.15, 0.2) is 73.3 Å². The molecule has 0 radical (unpaired) electrons. The van der Waals surface area contributed by atoms with E-state index in [9.17, 15) is 4.79 Å². The van der Waals surface area contributed by atoms with Crippen molar-refractivity contribution in [2.75, 3.05) is 0 Å². The number of rotatable bonds is 7. The molecule has 25 heavy (non-hydrogen) atoms. The van der Waals surface area contributed by atoms with Crippen LogP contribution in [0.2, 0.25) is 0 Å². The minimum atomic E-state index is 0.0823. The van der Waals surface area contributed by atoms with Crippen molar-refractivity contribution in [1.82, 2.24) is 14.9 Å². The molecule has 1 heterocycles. The summed E-state index contributed by atoms with van der Waals surface area (Å²) in [6, 6.07) is 18.5. The standard InChI is InChI=1S/C21H23N3O/c1-17(20-5-3-2-4-6-20)13-21(25)23-14-18-7-9-19(10-8-18)15-24-12-11-22-16-24/h2-12,16-17H,13-15H2,1H3,(H,23,25). The summed E-state index contributed by atoms with van der Waals surface area (Å²) in [6.07, 6.45) is 6.03. The summed E-state index contributed by atoms with van der Waals surface area (Å²) in [5, 5.41) is 3.01. The van der Waals surface area contributed by atoms with Crippen LogP contribution in [0.25, 0.3) is 0 Å². The number of amides is 1. The SMILES string of the molecule is CC(CC(=O)NCc1ccc(Cn2ccnc2)cc1)c1ccccc1. The molecule has 4 heteroatoms. The maximum absolute atomic E-state index is 12.2. The Labute approximate surface area is 148 Å². The molecular formula is C21H23N3O. The van der Waals surface area contributed by atoms with Gasteiger partial charge >= 0.3 is 0 Å². The Morgan fingerprint density at radius 1 is 1.08 bits per heavy atom. The summed E-state index contributed by atoms with van der Waals surface area (Å²) in [6.45, 7) is 3.45. The van der Waals surface area contributed by atoms with Gasteiger partial charge in [-0.15, -0.1) is 0 Å². The average molecular weight is 333 g/mol. The van der Waals surface area contributed by atoms with Gasteiger partial charge in [0.1, 0.15) is 0 Å². The minimum absolute atomic E-state index is 0.0823. The smallest absolute Gasteiger partial charge is 0.220 e. The molecular weight excluding hydrogens is 310 g/mol. The van der Waals surface area contributed by atoms with Crippen LogP contribution in [0, 0.1) is 0 Å². The topological polar surface area (TPSA) is 46.9 Å². The third-order valence-electron chi connectivity index (χ3n) is 4.30. The highest BCUT2D eigenvalue weighted by Gasteiger charge is 2.10. The molecule has 0 spiro atoms. The highest BCUT2D eigenvalue weighted by Crippen LogP contribution is 2.18. The first-order valence-corrected chi connectivity index (χ1v) is 8.56. The van der Waals surface area contributed by atoms with Crippen LogP contribution >= 0.6 is 0 Å². The van der Waals surface area contributed by atoms with Gasteiger partial charge in [-0.1, -0.05) is 61.5 Å². The van der Waals surface area contributed by atoms with Gasteiger partial charge in [-0.3, -0.25) is 4.79 Å². The molecule has 0 aliphatic carbocycles. The maximum atomic E-state index is 12.2. The maximum Gasteiger partial charge on any atom is 0.220 e. The summed E-state index contributed by atoms with van der Waals surface area (Å²) in [4.78, 5) is 16.2. The first-order valence-electron chi connectivity index (χ1n) is 8.56. The molecule has 0 saturated heterocycles. The Kier molecular flexibility index (Phi) is 5.62. The lowest BCUT2D eigenvalue weighted by Gasteiger charge is -2.12. The summed E-state index contributed by atoms with van der Waals surface area (Å²) in [7, 11) is 0. The van der Waals surface area contributed by atoms with Gasteiger partial charge < -0.3 is 9.88 Å². The van der Waals surface area contributed by atoms with Crippen molar-refractivity contribution in [3.05, 3.63) is 90.0 Å². The number of carbonyl (C=O) groups is 1. The van der Waals surface area contributed by atoms with E-state index >= 15 is 0 Å². The number of hydrogen-bond acceptors (Lipinski definition) is 2. The van der Waals surface area contributed by atoms with E-state index in [1.54, 1.807) is 6.20 Å². The molecule has 1 unspecified atom stereocenters. The highest BCUT2D eigenvalue weighted by molar-refractivity contribution is 5.76. The van der Waals surface area contributed by atoms with Crippen LogP contribution in [0.1, 0.15) is 36.0 Å². The van der Waals surface area contributed by atoms with Gasteiger partial charge in [-0.05, 0) is 22.6 Å². The average Bonchev–Trinajstić information content (AvgIpc) is 3.15. The van der Waals surface area contributed by atoms with Crippen LogP contribution in [0.4, 0.5) is 0 Å². The van der Waals surface area contributed by atoms with Crippen LogP contribution in [-0.2, 0) is 17.9 Å². The lowest BCUT2D eigenvalue weighted by Crippen LogP contribution is -2.24. The van der Waals surface area contributed by atoms with Crippen LogP contribution < -0.4 is 5.32 Å². The van der Waals surface area contributed by atoms with Gasteiger partial charge in [0.2, 0.25) is 5.91 Å². The largest absolute Gasteiger partial charge is 0.352 e. The molecule has 1 N–H and O–H groups in total. The molecule has 3 aromatic rings. The first-order chi connectivity index (χ1) is 12.2. The van der Waals surface area contributed by atoms with E-state index in [1.807, 2.05) is 35.3 Å². The Hall–Kier alpha value is -2.88. The van der Waals surface area contributed by atoms with Crippen molar-refractivity contribution in [3.8, 4) is 0 Å². The van der Waals surface area contributed by atoms with E-state index in [1.165, 1.54) is 11.1 Å². The summed E-state index contributed by atoms with van der Waals surface area (Å²) < 4.78 is 2.03. The Morgan fingerprint density at radius 2 is 1.80 bits per heavy atom. The van der Waals surface area contributed by atoms with Gasteiger partial charge in [-0.25, -0.2) is 4.98 Å². The molecule has 0 saturated carbocycles. The molecule has 128 valence electrons. The summed E-state index contributed by atoms with van der Waals surface area (Å²) >= 11 is 0. The van der Waals surface area contributed by atoms with E-state index in [0.717, 1.165) is 12.1 Å². The van der Waals surface area contributed by atoms with Crippen molar-refractivity contribution >= 4 is 5.91 Å². The fraction of sp³-hybridized carbons (Fsp3) is 0.238. The zero-order valence-corrected chi connectivity index (χ0v) is 14.4. The fourth-order valence-corrected chi connectivity index (χ4v) is 2.80. The van der Waals surface area contributed by atoms with Crippen molar-refractivity contribution in [1.29, 1.82) is 0 Å². The highest BCUT2D eigenvalue weighted by atomic mass is 16.1. The summed E-state index contributed by atoms with van der Waals surface area (Å²) in [5.74, 6) is 0.303. The van der Waals surface area contributed by atoms with E-state index in [4.69, 9.17) is 0 Å². The van der Waals surface area contributed by atoms with Crippen LogP contribution in [0.3, 0.4) is 0 Å². The van der Waals surface area contributed by atoms with E-state index in [-0.39, 0.29) is 11.8 Å². The van der Waals surface area contributed by atoms with Crippen molar-refractivity contribution in [2.45, 2.75) is 32.4 Å². The molecule has 0 aliphatic heterocycles. The molecule has 0 bridgehead atoms. The zero-order chi connectivity index (χ0) is 17.5. The van der Waals surface area contributed by atoms with Gasteiger partial charge in [0.15, 0.2) is 0 Å². The van der Waals surface area contributed by atoms with Crippen molar-refractivity contribution < 1.29 is 4.79 Å². The number of aromatic nitrogens is 2. The predicted molar refractivity (Wildman–Crippen MR) is 99.1 cm³/mol. The fourth-order valence-electron chi connectivity index (χ4n) is 2.80. The number of nitrogens with zero attached hydrogens (tertiary/aromatic N) is 2. The van der Waals surface area contributed by atoms with Gasteiger partial charge in [0.25, 0.3) is 0 Å². The molecule has 1 amide bonds. The number of nitrogens with one attached hydrogen (secondary N) is 1. The lowest BCUT2D eigenvalue weighted by molar-refractivity contribution is -0.121. The first kappa shape index (κ1) is 17.0. The number of hydrogen-bond donors (Lipinski definition) is 1. The quantitative estimate of drug-likeness (QED) is 0.716. The summed E-state index contributed by atoms with van der Waals surface area (Å²) in [5.41, 5.74) is 3.52. The van der Waals surface area contributed by atoms with E-state index < -0.39 is 0 Å². The lowest BCUT2D eigenvalue weighted by atomic mass is 9.97.